The van der Waals surface area contributed by atoms with Gasteiger partial charge in [-0.15, -0.1) is 0 Å². The highest BCUT2D eigenvalue weighted by molar-refractivity contribution is 4.77. The van der Waals surface area contributed by atoms with Crippen LogP contribution in [0.4, 0.5) is 0 Å². The van der Waals surface area contributed by atoms with E-state index in [4.69, 9.17) is 0 Å². The van der Waals surface area contributed by atoms with Crippen molar-refractivity contribution >= 4 is 0 Å². The minimum atomic E-state index is 0.551. The molecule has 0 heteroatoms. The van der Waals surface area contributed by atoms with E-state index in [1.54, 1.807) is 0 Å². The fraction of sp³-hybridized carbons (Fsp3) is 1.00. The van der Waals surface area contributed by atoms with Crippen LogP contribution in [0.3, 0.4) is 0 Å². The molecular formula is C20H42. The molecule has 0 bridgehead atoms. The maximum Gasteiger partial charge on any atom is -0.0329 e. The normalized spacial score (nSPS) is 13.7. The van der Waals surface area contributed by atoms with Crippen LogP contribution in [0.25, 0.3) is 0 Å². The van der Waals surface area contributed by atoms with Gasteiger partial charge >= 0.3 is 0 Å². The van der Waals surface area contributed by atoms with E-state index in [2.05, 4.69) is 34.6 Å². The zero-order valence-electron chi connectivity index (χ0n) is 15.3. The molecule has 0 aliphatic heterocycles. The summed E-state index contributed by atoms with van der Waals surface area (Å²) in [5, 5.41) is 0. The number of unbranched alkanes of at least 4 members (excludes halogenated alkanes) is 8. The average Bonchev–Trinajstić information content (AvgIpc) is 2.44. The van der Waals surface area contributed by atoms with Crippen molar-refractivity contribution in [2.45, 2.75) is 118 Å². The van der Waals surface area contributed by atoms with Crippen molar-refractivity contribution in [2.75, 3.05) is 0 Å². The van der Waals surface area contributed by atoms with Gasteiger partial charge in [0.2, 0.25) is 0 Å². The maximum absolute atomic E-state index is 2.49. The van der Waals surface area contributed by atoms with E-state index in [1.807, 2.05) is 0 Å². The molecule has 0 aliphatic rings. The molecule has 20 heavy (non-hydrogen) atoms. The molecule has 0 aromatic heterocycles. The maximum atomic E-state index is 2.49. The summed E-state index contributed by atoms with van der Waals surface area (Å²) < 4.78 is 0. The Morgan fingerprint density at radius 2 is 1.00 bits per heavy atom. The largest absolute Gasteiger partial charge is 0.0654 e. The average molecular weight is 283 g/mol. The monoisotopic (exact) mass is 282 g/mol. The van der Waals surface area contributed by atoms with Crippen LogP contribution < -0.4 is 0 Å². The predicted molar refractivity (Wildman–Crippen MR) is 94.3 cm³/mol. The van der Waals surface area contributed by atoms with Gasteiger partial charge in [0.25, 0.3) is 0 Å². The Morgan fingerprint density at radius 1 is 0.600 bits per heavy atom. The molecule has 0 spiro atoms. The van der Waals surface area contributed by atoms with Crippen LogP contribution in [0, 0.1) is 11.3 Å². The van der Waals surface area contributed by atoms with E-state index >= 15 is 0 Å². The zero-order valence-corrected chi connectivity index (χ0v) is 15.3. The summed E-state index contributed by atoms with van der Waals surface area (Å²) in [5.41, 5.74) is 0.551. The molecule has 0 saturated heterocycles. The van der Waals surface area contributed by atoms with Gasteiger partial charge in [-0.3, -0.25) is 0 Å². The third-order valence-electron chi connectivity index (χ3n) is 5.33. The molecule has 0 radical (unpaired) electrons. The van der Waals surface area contributed by atoms with E-state index < -0.39 is 0 Å². The zero-order chi connectivity index (χ0) is 15.3. The van der Waals surface area contributed by atoms with Crippen LogP contribution >= 0.6 is 0 Å². The van der Waals surface area contributed by atoms with Crippen LogP contribution in [-0.2, 0) is 0 Å². The van der Waals surface area contributed by atoms with Crippen molar-refractivity contribution in [1.82, 2.24) is 0 Å². The molecule has 0 aromatic rings. The van der Waals surface area contributed by atoms with Gasteiger partial charge in [0.1, 0.15) is 0 Å². The van der Waals surface area contributed by atoms with E-state index in [0.29, 0.717) is 5.41 Å². The summed E-state index contributed by atoms with van der Waals surface area (Å²) in [6.07, 6.45) is 18.6. The van der Waals surface area contributed by atoms with Crippen LogP contribution in [0.5, 0.6) is 0 Å². The fourth-order valence-corrected chi connectivity index (χ4v) is 3.20. The van der Waals surface area contributed by atoms with E-state index in [9.17, 15) is 0 Å². The predicted octanol–water partition coefficient (Wildman–Crippen LogP) is 7.76. The molecule has 0 aromatic carbocycles. The first-order chi connectivity index (χ1) is 9.58. The van der Waals surface area contributed by atoms with Gasteiger partial charge in [-0.2, -0.15) is 0 Å². The topological polar surface area (TPSA) is 0 Å². The van der Waals surface area contributed by atoms with Crippen LogP contribution in [-0.4, -0.2) is 0 Å². The number of hydrogen-bond acceptors (Lipinski definition) is 0. The summed E-state index contributed by atoms with van der Waals surface area (Å²) in [7, 11) is 0. The van der Waals surface area contributed by atoms with E-state index in [1.165, 1.54) is 83.5 Å². The van der Waals surface area contributed by atoms with Crippen molar-refractivity contribution in [3.8, 4) is 0 Å². The lowest BCUT2D eigenvalue weighted by atomic mass is 9.72. The lowest BCUT2D eigenvalue weighted by molar-refractivity contribution is 0.170. The summed E-state index contributed by atoms with van der Waals surface area (Å²) in [4.78, 5) is 0. The Balaban J connectivity index is 3.93. The Morgan fingerprint density at radius 3 is 1.45 bits per heavy atom. The molecule has 0 saturated carbocycles. The second kappa shape index (κ2) is 12.7. The van der Waals surface area contributed by atoms with Crippen LogP contribution in [0.1, 0.15) is 118 Å². The van der Waals surface area contributed by atoms with Crippen molar-refractivity contribution in [3.05, 3.63) is 0 Å². The van der Waals surface area contributed by atoms with Gasteiger partial charge in [0.05, 0.1) is 0 Å². The highest BCUT2D eigenvalue weighted by atomic mass is 14.3. The van der Waals surface area contributed by atoms with Gasteiger partial charge in [0, 0.05) is 0 Å². The number of rotatable bonds is 14. The van der Waals surface area contributed by atoms with Crippen molar-refractivity contribution in [3.63, 3.8) is 0 Å². The second-order valence-corrected chi connectivity index (χ2v) is 7.44. The first-order valence-corrected chi connectivity index (χ1v) is 9.58. The number of hydrogen-bond donors (Lipinski definition) is 0. The standard InChI is InChI=1S/C20H42/c1-6-9-11-13-14-16-18-19(20(4,5)8-3)17-15-12-10-7-2/h19H,6-18H2,1-5H3. The molecule has 0 fully saturated rings. The Hall–Kier alpha value is 0. The van der Waals surface area contributed by atoms with Gasteiger partial charge in [0.15, 0.2) is 0 Å². The third-order valence-corrected chi connectivity index (χ3v) is 5.33. The quantitative estimate of drug-likeness (QED) is 0.285. The summed E-state index contributed by atoms with van der Waals surface area (Å²) in [6.45, 7) is 12.0. The van der Waals surface area contributed by atoms with Gasteiger partial charge in [-0.25, -0.2) is 0 Å². The van der Waals surface area contributed by atoms with Crippen molar-refractivity contribution < 1.29 is 0 Å². The summed E-state index contributed by atoms with van der Waals surface area (Å²) >= 11 is 0. The Labute approximate surface area is 130 Å². The second-order valence-electron chi connectivity index (χ2n) is 7.44. The molecule has 1 unspecified atom stereocenters. The fourth-order valence-electron chi connectivity index (χ4n) is 3.20. The molecule has 0 N–H and O–H groups in total. The molecule has 122 valence electrons. The first-order valence-electron chi connectivity index (χ1n) is 9.58. The minimum Gasteiger partial charge on any atom is -0.0654 e. The molecule has 0 nitrogen and oxygen atoms in total. The third kappa shape index (κ3) is 9.83. The van der Waals surface area contributed by atoms with Crippen molar-refractivity contribution in [1.29, 1.82) is 0 Å². The van der Waals surface area contributed by atoms with Crippen LogP contribution in [0.2, 0.25) is 0 Å². The summed E-state index contributed by atoms with van der Waals surface area (Å²) in [5.74, 6) is 0.954. The highest BCUT2D eigenvalue weighted by Gasteiger charge is 2.26. The lowest BCUT2D eigenvalue weighted by Gasteiger charge is -2.34. The molecule has 0 aliphatic carbocycles. The first kappa shape index (κ1) is 20.0. The molecular weight excluding hydrogens is 240 g/mol. The van der Waals surface area contributed by atoms with Crippen molar-refractivity contribution in [2.24, 2.45) is 11.3 Å². The molecule has 0 heterocycles. The van der Waals surface area contributed by atoms with E-state index in [0.717, 1.165) is 5.92 Å². The minimum absolute atomic E-state index is 0.551. The molecule has 0 rings (SSSR count). The van der Waals surface area contributed by atoms with Gasteiger partial charge in [-0.1, -0.05) is 105 Å². The SMILES string of the molecule is CCCCCCCCC(CCCCCC)C(C)(C)CC. The van der Waals surface area contributed by atoms with Gasteiger partial charge < -0.3 is 0 Å². The van der Waals surface area contributed by atoms with Crippen LogP contribution in [0.15, 0.2) is 0 Å². The Kier molecular flexibility index (Phi) is 12.7. The summed E-state index contributed by atoms with van der Waals surface area (Å²) in [6, 6.07) is 0. The Bertz CT molecular complexity index is 192. The smallest absolute Gasteiger partial charge is 0.0329 e. The van der Waals surface area contributed by atoms with Gasteiger partial charge in [-0.05, 0) is 24.2 Å². The van der Waals surface area contributed by atoms with E-state index in [-0.39, 0.29) is 0 Å². The lowest BCUT2D eigenvalue weighted by Crippen LogP contribution is -2.23. The highest BCUT2D eigenvalue weighted by Crippen LogP contribution is 2.37. The molecule has 0 amide bonds. The molecule has 1 atom stereocenters.